The average molecular weight is 467 g/mol. The maximum atomic E-state index is 12.8. The Morgan fingerprint density at radius 2 is 2.38 bits per heavy atom. The number of hydrogen-bond donors (Lipinski definition) is 1. The van der Waals surface area contributed by atoms with Crippen LogP contribution in [0.3, 0.4) is 0 Å². The van der Waals surface area contributed by atoms with E-state index in [0.29, 0.717) is 19.2 Å². The molecule has 2 rings (SSSR count). The zero-order valence-corrected chi connectivity index (χ0v) is 15.8. The number of ether oxygens (including phenoxy) is 1. The van der Waals surface area contributed by atoms with Crippen LogP contribution in [0.5, 0.6) is 0 Å². The number of carbonyl (C=O) groups excluding carboxylic acids is 1. The van der Waals surface area contributed by atoms with Crippen molar-refractivity contribution in [3.8, 4) is 0 Å². The Bertz CT molecular complexity index is 493. The van der Waals surface area contributed by atoms with E-state index in [2.05, 4.69) is 43.8 Å². The largest absolute Gasteiger partial charge is 0.383 e. The molecule has 0 aliphatic carbocycles. The van der Waals surface area contributed by atoms with Crippen molar-refractivity contribution in [1.29, 1.82) is 0 Å². The fourth-order valence-electron chi connectivity index (χ4n) is 2.49. The molecule has 4 nitrogen and oxygen atoms in total. The molecule has 1 saturated heterocycles. The molecule has 116 valence electrons. The summed E-state index contributed by atoms with van der Waals surface area (Å²) >= 11 is 5.66. The van der Waals surface area contributed by atoms with Crippen molar-refractivity contribution in [3.63, 3.8) is 0 Å². The Balaban J connectivity index is 2.13. The van der Waals surface area contributed by atoms with E-state index in [1.54, 1.807) is 7.11 Å². The van der Waals surface area contributed by atoms with E-state index >= 15 is 0 Å². The molecule has 1 amide bonds. The second-order valence-corrected chi connectivity index (χ2v) is 7.24. The lowest BCUT2D eigenvalue weighted by Crippen LogP contribution is -2.42. The number of halogens is 2. The van der Waals surface area contributed by atoms with Gasteiger partial charge in [0.2, 0.25) is 0 Å². The number of hydrogen-bond acceptors (Lipinski definition) is 3. The lowest BCUT2D eigenvalue weighted by Gasteiger charge is -2.26. The van der Waals surface area contributed by atoms with Crippen molar-refractivity contribution < 1.29 is 9.53 Å². The second kappa shape index (κ2) is 8.45. The number of nitrogens with one attached hydrogen (secondary N) is 1. The highest BCUT2D eigenvalue weighted by atomic mass is 127. The molecule has 1 heterocycles. The molecule has 0 radical (unpaired) electrons. The Labute approximate surface area is 147 Å². The third kappa shape index (κ3) is 4.91. The summed E-state index contributed by atoms with van der Waals surface area (Å²) in [6, 6.07) is 6.21. The molecule has 1 aliphatic rings. The monoisotopic (exact) mass is 466 g/mol. The molecular weight excluding hydrogens is 447 g/mol. The molecule has 1 aromatic carbocycles. The van der Waals surface area contributed by atoms with Crippen LogP contribution in [0.15, 0.2) is 22.7 Å². The highest BCUT2D eigenvalue weighted by molar-refractivity contribution is 14.1. The van der Waals surface area contributed by atoms with Crippen LogP contribution in [-0.2, 0) is 4.74 Å². The van der Waals surface area contributed by atoms with E-state index < -0.39 is 0 Å². The summed E-state index contributed by atoms with van der Waals surface area (Å²) < 4.78 is 7.05. The first-order valence-corrected chi connectivity index (χ1v) is 8.95. The highest BCUT2D eigenvalue weighted by Crippen LogP contribution is 2.20. The predicted molar refractivity (Wildman–Crippen MR) is 95.7 cm³/mol. The van der Waals surface area contributed by atoms with Gasteiger partial charge in [-0.1, -0.05) is 15.9 Å². The molecular formula is C15H20BrIN2O2. The van der Waals surface area contributed by atoms with Crippen molar-refractivity contribution >= 4 is 44.4 Å². The van der Waals surface area contributed by atoms with Gasteiger partial charge in [0.05, 0.1) is 12.2 Å². The molecule has 1 aliphatic heterocycles. The maximum Gasteiger partial charge on any atom is 0.255 e. The number of benzene rings is 1. The zero-order chi connectivity index (χ0) is 15.2. The van der Waals surface area contributed by atoms with Crippen molar-refractivity contribution in [1.82, 2.24) is 10.2 Å². The number of nitrogens with zero attached hydrogens (tertiary/aromatic N) is 1. The minimum atomic E-state index is 0.0754. The Morgan fingerprint density at radius 1 is 1.57 bits per heavy atom. The smallest absolute Gasteiger partial charge is 0.255 e. The van der Waals surface area contributed by atoms with Gasteiger partial charge in [-0.2, -0.15) is 0 Å². The Kier molecular flexibility index (Phi) is 6.91. The molecule has 1 fully saturated rings. The van der Waals surface area contributed by atoms with Crippen molar-refractivity contribution in [2.45, 2.75) is 18.9 Å². The minimum absolute atomic E-state index is 0.0754. The number of carbonyl (C=O) groups is 1. The topological polar surface area (TPSA) is 41.6 Å². The van der Waals surface area contributed by atoms with Gasteiger partial charge in [0.15, 0.2) is 0 Å². The van der Waals surface area contributed by atoms with Gasteiger partial charge >= 0.3 is 0 Å². The molecule has 0 aromatic heterocycles. The van der Waals surface area contributed by atoms with Crippen LogP contribution in [0.25, 0.3) is 0 Å². The van der Waals surface area contributed by atoms with Crippen molar-refractivity contribution in [3.05, 3.63) is 31.8 Å². The van der Waals surface area contributed by atoms with Crippen LogP contribution in [0.1, 0.15) is 23.2 Å². The van der Waals surface area contributed by atoms with Crippen LogP contribution in [0, 0.1) is 3.57 Å². The fraction of sp³-hybridized carbons (Fsp3) is 0.533. The lowest BCUT2D eigenvalue weighted by atomic mass is 10.1. The van der Waals surface area contributed by atoms with E-state index in [1.165, 1.54) is 6.42 Å². The first kappa shape index (κ1) is 17.2. The molecule has 0 saturated carbocycles. The number of methoxy groups -OCH3 is 1. The molecule has 1 N–H and O–H groups in total. The van der Waals surface area contributed by atoms with E-state index in [0.717, 1.165) is 33.1 Å². The van der Waals surface area contributed by atoms with E-state index in [-0.39, 0.29) is 5.91 Å². The van der Waals surface area contributed by atoms with Gasteiger partial charge in [-0.3, -0.25) is 4.79 Å². The summed E-state index contributed by atoms with van der Waals surface area (Å²) in [5, 5.41) is 3.45. The zero-order valence-electron chi connectivity index (χ0n) is 12.1. The first-order valence-electron chi connectivity index (χ1n) is 7.08. The molecule has 6 heteroatoms. The quantitative estimate of drug-likeness (QED) is 0.655. The van der Waals surface area contributed by atoms with Crippen molar-refractivity contribution in [2.75, 3.05) is 33.4 Å². The molecule has 0 spiro atoms. The summed E-state index contributed by atoms with van der Waals surface area (Å²) in [4.78, 5) is 14.7. The van der Waals surface area contributed by atoms with Crippen molar-refractivity contribution in [2.24, 2.45) is 0 Å². The molecule has 1 atom stereocenters. The van der Waals surface area contributed by atoms with Gasteiger partial charge in [0.1, 0.15) is 0 Å². The molecule has 1 aromatic rings. The predicted octanol–water partition coefficient (Wildman–Crippen LogP) is 2.89. The summed E-state index contributed by atoms with van der Waals surface area (Å²) in [5.74, 6) is 0.0754. The average Bonchev–Trinajstić information content (AvgIpc) is 2.98. The maximum absolute atomic E-state index is 12.8. The fourth-order valence-corrected chi connectivity index (χ4v) is 3.41. The van der Waals surface area contributed by atoms with Gasteiger partial charge in [-0.25, -0.2) is 0 Å². The highest BCUT2D eigenvalue weighted by Gasteiger charge is 2.23. The normalized spacial score (nSPS) is 18.0. The third-order valence-electron chi connectivity index (χ3n) is 3.61. The summed E-state index contributed by atoms with van der Waals surface area (Å²) in [6.45, 7) is 2.97. The van der Waals surface area contributed by atoms with Gasteiger partial charge < -0.3 is 15.0 Å². The number of amides is 1. The van der Waals surface area contributed by atoms with Crippen LogP contribution < -0.4 is 5.32 Å². The third-order valence-corrected chi connectivity index (χ3v) is 5.05. The van der Waals surface area contributed by atoms with Gasteiger partial charge in [0.25, 0.3) is 5.91 Å². The summed E-state index contributed by atoms with van der Waals surface area (Å²) in [7, 11) is 1.67. The van der Waals surface area contributed by atoms with Gasteiger partial charge in [-0.05, 0) is 60.2 Å². The van der Waals surface area contributed by atoms with Crippen LogP contribution >= 0.6 is 38.5 Å². The van der Waals surface area contributed by atoms with Crippen LogP contribution in [0.4, 0.5) is 0 Å². The number of rotatable bonds is 6. The standard InChI is InChI=1S/C15H20BrIN2O2/c1-21-8-7-19(10-12-3-2-6-18-12)15(20)13-9-11(16)4-5-14(13)17/h4-5,9,12,18H,2-3,6-8,10H2,1H3. The Hall–Kier alpha value is -0.180. The first-order chi connectivity index (χ1) is 10.1. The van der Waals surface area contributed by atoms with Crippen LogP contribution in [0.2, 0.25) is 0 Å². The van der Waals surface area contributed by atoms with E-state index in [1.807, 2.05) is 23.1 Å². The van der Waals surface area contributed by atoms with E-state index in [9.17, 15) is 4.79 Å². The van der Waals surface area contributed by atoms with Gasteiger partial charge in [0, 0.05) is 34.3 Å². The summed E-state index contributed by atoms with van der Waals surface area (Å²) in [6.07, 6.45) is 2.32. The molecule has 0 bridgehead atoms. The van der Waals surface area contributed by atoms with E-state index in [4.69, 9.17) is 4.74 Å². The molecule has 1 unspecified atom stereocenters. The minimum Gasteiger partial charge on any atom is -0.383 e. The van der Waals surface area contributed by atoms with Crippen LogP contribution in [-0.4, -0.2) is 50.2 Å². The molecule has 21 heavy (non-hydrogen) atoms. The Morgan fingerprint density at radius 3 is 3.05 bits per heavy atom. The van der Waals surface area contributed by atoms with Gasteiger partial charge in [-0.15, -0.1) is 0 Å². The lowest BCUT2D eigenvalue weighted by molar-refractivity contribution is 0.0678. The second-order valence-electron chi connectivity index (χ2n) is 5.16. The summed E-state index contributed by atoms with van der Waals surface area (Å²) in [5.41, 5.74) is 0.749. The SMILES string of the molecule is COCCN(CC1CCCN1)C(=O)c1cc(Br)ccc1I.